The Hall–Kier alpha value is -1.95. The molecule has 1 aromatic heterocycles. The van der Waals surface area contributed by atoms with E-state index in [2.05, 4.69) is 15.5 Å². The van der Waals surface area contributed by atoms with Crippen LogP contribution >= 0.6 is 0 Å². The van der Waals surface area contributed by atoms with Gasteiger partial charge in [-0.05, 0) is 24.6 Å². The number of aromatic nitrogens is 3. The van der Waals surface area contributed by atoms with Gasteiger partial charge < -0.3 is 14.6 Å². The van der Waals surface area contributed by atoms with Crippen LogP contribution in [0.25, 0.3) is 0 Å². The molecule has 0 radical (unpaired) electrons. The number of methoxy groups -OCH3 is 1. The average molecular weight is 278 g/mol. The normalized spacial score (nSPS) is 12.4. The number of rotatable bonds is 6. The van der Waals surface area contributed by atoms with Crippen LogP contribution in [0.15, 0.2) is 24.5 Å². The second kappa shape index (κ2) is 6.47. The molecule has 0 bridgehead atoms. The van der Waals surface area contributed by atoms with Crippen molar-refractivity contribution >= 4 is 0 Å². The van der Waals surface area contributed by atoms with Gasteiger partial charge in [0.1, 0.15) is 12.2 Å². The lowest BCUT2D eigenvalue weighted by Crippen LogP contribution is -2.22. The lowest BCUT2D eigenvalue weighted by molar-refractivity contribution is 0.385. The standard InChI is InChI=1S/C14H19FN4O/c1-10(11-4-5-13(20-3)12(15)8-11)16-7-6-14-18-17-9-19(14)2/h4-5,8-10,16H,6-7H2,1-3H3. The highest BCUT2D eigenvalue weighted by atomic mass is 19.1. The van der Waals surface area contributed by atoms with Crippen molar-refractivity contribution in [3.8, 4) is 5.75 Å². The Kier molecular flexibility index (Phi) is 4.68. The van der Waals surface area contributed by atoms with E-state index in [9.17, 15) is 4.39 Å². The van der Waals surface area contributed by atoms with Crippen LogP contribution in [0.5, 0.6) is 5.75 Å². The first-order valence-corrected chi connectivity index (χ1v) is 6.51. The highest BCUT2D eigenvalue weighted by molar-refractivity contribution is 5.30. The maximum atomic E-state index is 13.6. The lowest BCUT2D eigenvalue weighted by Gasteiger charge is -2.15. The molecular formula is C14H19FN4O. The van der Waals surface area contributed by atoms with E-state index in [1.54, 1.807) is 12.4 Å². The zero-order valence-electron chi connectivity index (χ0n) is 11.9. The first kappa shape index (κ1) is 14.5. The van der Waals surface area contributed by atoms with Crippen molar-refractivity contribution in [1.29, 1.82) is 0 Å². The van der Waals surface area contributed by atoms with Crippen molar-refractivity contribution in [2.24, 2.45) is 7.05 Å². The summed E-state index contributed by atoms with van der Waals surface area (Å²) in [5, 5.41) is 11.2. The van der Waals surface area contributed by atoms with Gasteiger partial charge in [-0.15, -0.1) is 10.2 Å². The van der Waals surface area contributed by atoms with Crippen LogP contribution in [-0.2, 0) is 13.5 Å². The van der Waals surface area contributed by atoms with Crippen LogP contribution in [0.3, 0.4) is 0 Å². The monoisotopic (exact) mass is 278 g/mol. The Morgan fingerprint density at radius 3 is 2.85 bits per heavy atom. The molecule has 108 valence electrons. The predicted molar refractivity (Wildman–Crippen MR) is 74.1 cm³/mol. The number of aryl methyl sites for hydroxylation is 1. The van der Waals surface area contributed by atoms with E-state index in [4.69, 9.17) is 4.74 Å². The average Bonchev–Trinajstić information content (AvgIpc) is 2.84. The molecule has 5 nitrogen and oxygen atoms in total. The van der Waals surface area contributed by atoms with Crippen LogP contribution < -0.4 is 10.1 Å². The van der Waals surface area contributed by atoms with E-state index in [0.717, 1.165) is 24.4 Å². The SMILES string of the molecule is COc1ccc(C(C)NCCc2nncn2C)cc1F. The number of ether oxygens (including phenoxy) is 1. The first-order chi connectivity index (χ1) is 9.61. The molecule has 0 aliphatic heterocycles. The van der Waals surface area contributed by atoms with Gasteiger partial charge >= 0.3 is 0 Å². The van der Waals surface area contributed by atoms with Gasteiger partial charge in [-0.25, -0.2) is 4.39 Å². The second-order valence-electron chi connectivity index (χ2n) is 4.68. The number of nitrogens with zero attached hydrogens (tertiary/aromatic N) is 3. The number of halogens is 1. The van der Waals surface area contributed by atoms with E-state index < -0.39 is 0 Å². The summed E-state index contributed by atoms with van der Waals surface area (Å²) in [5.41, 5.74) is 0.890. The molecule has 1 heterocycles. The third-order valence-electron chi connectivity index (χ3n) is 3.28. The molecule has 1 N–H and O–H groups in total. The summed E-state index contributed by atoms with van der Waals surface area (Å²) in [6, 6.07) is 5.07. The number of nitrogens with one attached hydrogen (secondary N) is 1. The van der Waals surface area contributed by atoms with Gasteiger partial charge in [0, 0.05) is 26.1 Å². The van der Waals surface area contributed by atoms with Crippen LogP contribution in [0, 0.1) is 5.82 Å². The van der Waals surface area contributed by atoms with Gasteiger partial charge in [0.25, 0.3) is 0 Å². The molecular weight excluding hydrogens is 259 g/mol. The summed E-state index contributed by atoms with van der Waals surface area (Å²) in [4.78, 5) is 0. The van der Waals surface area contributed by atoms with Crippen molar-refractivity contribution < 1.29 is 9.13 Å². The minimum Gasteiger partial charge on any atom is -0.494 e. The first-order valence-electron chi connectivity index (χ1n) is 6.51. The van der Waals surface area contributed by atoms with E-state index in [1.807, 2.05) is 24.6 Å². The van der Waals surface area contributed by atoms with Crippen LogP contribution in [-0.4, -0.2) is 28.4 Å². The Balaban J connectivity index is 1.90. The van der Waals surface area contributed by atoms with Gasteiger partial charge in [0.2, 0.25) is 0 Å². The van der Waals surface area contributed by atoms with Crippen LogP contribution in [0.1, 0.15) is 24.4 Å². The van der Waals surface area contributed by atoms with Crippen molar-refractivity contribution in [2.45, 2.75) is 19.4 Å². The van der Waals surface area contributed by atoms with Gasteiger partial charge in [-0.2, -0.15) is 0 Å². The minimum absolute atomic E-state index is 0.0589. The predicted octanol–water partition coefficient (Wildman–Crippen LogP) is 1.86. The van der Waals surface area contributed by atoms with Gasteiger partial charge in [0.05, 0.1) is 7.11 Å². The number of benzene rings is 1. The quantitative estimate of drug-likeness (QED) is 0.876. The third kappa shape index (κ3) is 3.33. The zero-order valence-corrected chi connectivity index (χ0v) is 11.9. The van der Waals surface area contributed by atoms with Crippen LogP contribution in [0.2, 0.25) is 0 Å². The smallest absolute Gasteiger partial charge is 0.165 e. The topological polar surface area (TPSA) is 52.0 Å². The highest BCUT2D eigenvalue weighted by Gasteiger charge is 2.09. The molecule has 0 saturated heterocycles. The van der Waals surface area contributed by atoms with E-state index in [0.29, 0.717) is 0 Å². The summed E-state index contributed by atoms with van der Waals surface area (Å²) >= 11 is 0. The largest absolute Gasteiger partial charge is 0.494 e. The van der Waals surface area contributed by atoms with Crippen molar-refractivity contribution in [2.75, 3.05) is 13.7 Å². The zero-order chi connectivity index (χ0) is 14.5. The van der Waals surface area contributed by atoms with Crippen molar-refractivity contribution in [1.82, 2.24) is 20.1 Å². The summed E-state index contributed by atoms with van der Waals surface area (Å²) in [6.07, 6.45) is 2.46. The molecule has 0 fully saturated rings. The Bertz CT molecular complexity index is 570. The molecule has 1 unspecified atom stereocenters. The third-order valence-corrected chi connectivity index (χ3v) is 3.28. The molecule has 20 heavy (non-hydrogen) atoms. The maximum Gasteiger partial charge on any atom is 0.165 e. The number of hydrogen-bond donors (Lipinski definition) is 1. The molecule has 1 atom stereocenters. The second-order valence-corrected chi connectivity index (χ2v) is 4.68. The fourth-order valence-electron chi connectivity index (χ4n) is 2.00. The molecule has 6 heteroatoms. The van der Waals surface area contributed by atoms with E-state index >= 15 is 0 Å². The molecule has 0 aliphatic rings. The fraction of sp³-hybridized carbons (Fsp3) is 0.429. The summed E-state index contributed by atoms with van der Waals surface area (Å²) in [5.74, 6) is 0.845. The minimum atomic E-state index is -0.341. The summed E-state index contributed by atoms with van der Waals surface area (Å²) < 4.78 is 20.4. The highest BCUT2D eigenvalue weighted by Crippen LogP contribution is 2.21. The molecule has 0 saturated carbocycles. The molecule has 0 aliphatic carbocycles. The van der Waals surface area contributed by atoms with Gasteiger partial charge in [0.15, 0.2) is 11.6 Å². The Morgan fingerprint density at radius 2 is 2.25 bits per heavy atom. The molecule has 0 amide bonds. The van der Waals surface area contributed by atoms with E-state index in [1.165, 1.54) is 13.2 Å². The lowest BCUT2D eigenvalue weighted by atomic mass is 10.1. The van der Waals surface area contributed by atoms with E-state index in [-0.39, 0.29) is 17.6 Å². The van der Waals surface area contributed by atoms with Crippen molar-refractivity contribution in [3.63, 3.8) is 0 Å². The molecule has 0 spiro atoms. The molecule has 2 aromatic rings. The Labute approximate surface area is 117 Å². The van der Waals surface area contributed by atoms with Crippen molar-refractivity contribution in [3.05, 3.63) is 41.7 Å². The van der Waals surface area contributed by atoms with Crippen LogP contribution in [0.4, 0.5) is 4.39 Å². The fourth-order valence-corrected chi connectivity index (χ4v) is 2.00. The number of hydrogen-bond acceptors (Lipinski definition) is 4. The van der Waals surface area contributed by atoms with Gasteiger partial charge in [-0.3, -0.25) is 0 Å². The summed E-state index contributed by atoms with van der Waals surface area (Å²) in [7, 11) is 3.37. The van der Waals surface area contributed by atoms with Gasteiger partial charge in [-0.1, -0.05) is 6.07 Å². The molecule has 2 rings (SSSR count). The Morgan fingerprint density at radius 1 is 1.45 bits per heavy atom. The summed E-state index contributed by atoms with van der Waals surface area (Å²) in [6.45, 7) is 2.75. The molecule has 1 aromatic carbocycles. The maximum absolute atomic E-state index is 13.6.